The summed E-state index contributed by atoms with van der Waals surface area (Å²) < 4.78 is 10.7. The molecular formula is C28H32N6O3S. The maximum atomic E-state index is 13.0. The number of benzene rings is 3. The number of ether oxygens (including phenoxy) is 2. The molecule has 0 spiro atoms. The van der Waals surface area contributed by atoms with Gasteiger partial charge in [0.15, 0.2) is 5.11 Å². The average Bonchev–Trinajstić information content (AvgIpc) is 3.31. The van der Waals surface area contributed by atoms with E-state index in [4.69, 9.17) is 31.9 Å². The highest BCUT2D eigenvalue weighted by Gasteiger charge is 2.20. The predicted molar refractivity (Wildman–Crippen MR) is 155 cm³/mol. The Labute approximate surface area is 227 Å². The third-order valence-corrected chi connectivity index (χ3v) is 6.59. The minimum atomic E-state index is -0.440. The maximum absolute atomic E-state index is 13.0. The Balaban J connectivity index is 1.56. The molecule has 1 amide bonds. The lowest BCUT2D eigenvalue weighted by atomic mass is 10.1. The SMILES string of the molecule is CCN(CC)c1ccc(-n2nc3cc(C)c(NC(=S)NC(=O)c4c(OC)cccc4OC)cc3n2)c(C)c1. The van der Waals surface area contributed by atoms with Gasteiger partial charge in [-0.2, -0.15) is 4.80 Å². The quantitative estimate of drug-likeness (QED) is 0.305. The number of methoxy groups -OCH3 is 2. The number of aryl methyl sites for hydroxylation is 2. The number of hydrogen-bond acceptors (Lipinski definition) is 7. The smallest absolute Gasteiger partial charge is 0.264 e. The highest BCUT2D eigenvalue weighted by molar-refractivity contribution is 7.80. The molecule has 0 saturated heterocycles. The summed E-state index contributed by atoms with van der Waals surface area (Å²) in [5.74, 6) is 0.337. The van der Waals surface area contributed by atoms with Crippen molar-refractivity contribution >= 4 is 45.6 Å². The molecule has 2 N–H and O–H groups in total. The first-order valence-corrected chi connectivity index (χ1v) is 12.8. The van der Waals surface area contributed by atoms with E-state index < -0.39 is 5.91 Å². The lowest BCUT2D eigenvalue weighted by molar-refractivity contribution is 0.0971. The van der Waals surface area contributed by atoms with Crippen LogP contribution in [0.3, 0.4) is 0 Å². The van der Waals surface area contributed by atoms with Crippen LogP contribution < -0.4 is 25.0 Å². The largest absolute Gasteiger partial charge is 0.496 e. The van der Waals surface area contributed by atoms with E-state index in [0.717, 1.165) is 41.1 Å². The van der Waals surface area contributed by atoms with E-state index in [2.05, 4.69) is 48.4 Å². The molecule has 0 atom stereocenters. The van der Waals surface area contributed by atoms with Crippen LogP contribution >= 0.6 is 12.2 Å². The molecule has 0 bridgehead atoms. The van der Waals surface area contributed by atoms with Crippen LogP contribution in [0.25, 0.3) is 16.7 Å². The number of aromatic nitrogens is 3. The molecule has 0 aliphatic heterocycles. The third kappa shape index (κ3) is 5.40. The second-order valence-electron chi connectivity index (χ2n) is 8.73. The van der Waals surface area contributed by atoms with Crippen LogP contribution in [0.4, 0.5) is 11.4 Å². The van der Waals surface area contributed by atoms with Crippen LogP contribution in [-0.2, 0) is 0 Å². The Hall–Kier alpha value is -4.18. The second kappa shape index (κ2) is 11.5. The van der Waals surface area contributed by atoms with Crippen molar-refractivity contribution in [2.75, 3.05) is 37.5 Å². The van der Waals surface area contributed by atoms with E-state index in [-0.39, 0.29) is 10.7 Å². The van der Waals surface area contributed by atoms with Crippen molar-refractivity contribution in [1.29, 1.82) is 0 Å². The molecule has 0 saturated carbocycles. The highest BCUT2D eigenvalue weighted by atomic mass is 32.1. The number of nitrogens with one attached hydrogen (secondary N) is 2. The summed E-state index contributed by atoms with van der Waals surface area (Å²) in [5, 5.41) is 15.4. The Morgan fingerprint density at radius 2 is 1.58 bits per heavy atom. The zero-order valence-corrected chi connectivity index (χ0v) is 23.3. The zero-order valence-electron chi connectivity index (χ0n) is 22.5. The molecule has 3 aromatic carbocycles. The third-order valence-electron chi connectivity index (χ3n) is 6.38. The number of rotatable bonds is 8. The molecule has 0 aliphatic carbocycles. The van der Waals surface area contributed by atoms with Crippen molar-refractivity contribution in [2.24, 2.45) is 0 Å². The van der Waals surface area contributed by atoms with E-state index >= 15 is 0 Å². The van der Waals surface area contributed by atoms with E-state index in [9.17, 15) is 4.79 Å². The van der Waals surface area contributed by atoms with Gasteiger partial charge in [0.05, 0.1) is 19.9 Å². The van der Waals surface area contributed by atoms with E-state index in [0.29, 0.717) is 17.0 Å². The van der Waals surface area contributed by atoms with Crippen molar-refractivity contribution in [2.45, 2.75) is 27.7 Å². The van der Waals surface area contributed by atoms with Gasteiger partial charge in [-0.25, -0.2) is 0 Å². The first-order valence-electron chi connectivity index (χ1n) is 12.4. The molecule has 1 heterocycles. The predicted octanol–water partition coefficient (Wildman–Crippen LogP) is 5.03. The van der Waals surface area contributed by atoms with Crippen molar-refractivity contribution in [3.05, 3.63) is 65.2 Å². The molecule has 10 heteroatoms. The fraction of sp³-hybridized carbons (Fsp3) is 0.286. The lowest BCUT2D eigenvalue weighted by Gasteiger charge is -2.22. The fourth-order valence-electron chi connectivity index (χ4n) is 4.35. The van der Waals surface area contributed by atoms with Gasteiger partial charge < -0.3 is 19.7 Å². The summed E-state index contributed by atoms with van der Waals surface area (Å²) in [7, 11) is 2.99. The Kier molecular flexibility index (Phi) is 8.11. The Morgan fingerprint density at radius 3 is 2.16 bits per heavy atom. The van der Waals surface area contributed by atoms with Crippen molar-refractivity contribution in [1.82, 2.24) is 20.3 Å². The summed E-state index contributed by atoms with van der Waals surface area (Å²) in [6.45, 7) is 10.2. The molecule has 0 radical (unpaired) electrons. The van der Waals surface area contributed by atoms with Gasteiger partial charge in [0, 0.05) is 24.5 Å². The van der Waals surface area contributed by atoms with Crippen LogP contribution in [0.5, 0.6) is 11.5 Å². The molecule has 4 rings (SSSR count). The Bertz CT molecular complexity index is 1470. The summed E-state index contributed by atoms with van der Waals surface area (Å²) in [5.41, 5.74) is 6.52. The lowest BCUT2D eigenvalue weighted by Crippen LogP contribution is -2.34. The van der Waals surface area contributed by atoms with Crippen LogP contribution in [0.1, 0.15) is 35.3 Å². The Morgan fingerprint density at radius 1 is 0.947 bits per heavy atom. The van der Waals surface area contributed by atoms with Gasteiger partial charge in [0.1, 0.15) is 28.1 Å². The van der Waals surface area contributed by atoms with E-state index in [1.54, 1.807) is 23.0 Å². The maximum Gasteiger partial charge on any atom is 0.264 e. The number of fused-ring (bicyclic) bond motifs is 1. The monoisotopic (exact) mass is 532 g/mol. The average molecular weight is 533 g/mol. The molecule has 9 nitrogen and oxygen atoms in total. The number of amides is 1. The normalized spacial score (nSPS) is 10.8. The molecule has 4 aromatic rings. The summed E-state index contributed by atoms with van der Waals surface area (Å²) in [4.78, 5) is 16.9. The molecule has 0 aliphatic rings. The second-order valence-corrected chi connectivity index (χ2v) is 9.14. The molecule has 0 fully saturated rings. The highest BCUT2D eigenvalue weighted by Crippen LogP contribution is 2.28. The molecule has 198 valence electrons. The van der Waals surface area contributed by atoms with Gasteiger partial charge in [0.25, 0.3) is 5.91 Å². The van der Waals surface area contributed by atoms with Crippen LogP contribution in [0.2, 0.25) is 0 Å². The summed E-state index contributed by atoms with van der Waals surface area (Å²) >= 11 is 5.44. The zero-order chi connectivity index (χ0) is 27.4. The van der Waals surface area contributed by atoms with Gasteiger partial charge >= 0.3 is 0 Å². The number of nitrogens with zero attached hydrogens (tertiary/aromatic N) is 4. The van der Waals surface area contributed by atoms with Crippen LogP contribution in [0.15, 0.2) is 48.5 Å². The minimum absolute atomic E-state index is 0.139. The number of hydrogen-bond donors (Lipinski definition) is 2. The van der Waals surface area contributed by atoms with Gasteiger partial charge in [-0.15, -0.1) is 10.2 Å². The van der Waals surface area contributed by atoms with Crippen molar-refractivity contribution < 1.29 is 14.3 Å². The fourth-order valence-corrected chi connectivity index (χ4v) is 4.56. The number of anilines is 2. The standard InChI is InChI=1S/C28H32N6O3S/c1-7-33(8-2)19-12-13-23(18(4)14-19)34-31-21-15-17(3)20(16-22(21)32-34)29-28(38)30-27(35)26-24(36-5)10-9-11-25(26)37-6/h9-16H,7-8H2,1-6H3,(H2,29,30,35,38). The van der Waals surface area contributed by atoms with Gasteiger partial charge in [0.2, 0.25) is 0 Å². The van der Waals surface area contributed by atoms with Gasteiger partial charge in [-0.05, 0) is 93.5 Å². The molecule has 1 aromatic heterocycles. The number of carbonyl (C=O) groups excluding carboxylic acids is 1. The molecule has 0 unspecified atom stereocenters. The van der Waals surface area contributed by atoms with E-state index in [1.807, 2.05) is 25.1 Å². The topological polar surface area (TPSA) is 93.5 Å². The first kappa shape index (κ1) is 26.9. The molecular weight excluding hydrogens is 500 g/mol. The van der Waals surface area contributed by atoms with Crippen LogP contribution in [-0.4, -0.2) is 53.3 Å². The molecule has 38 heavy (non-hydrogen) atoms. The number of carbonyl (C=O) groups is 1. The van der Waals surface area contributed by atoms with E-state index in [1.165, 1.54) is 19.9 Å². The van der Waals surface area contributed by atoms with Gasteiger partial charge in [-0.3, -0.25) is 10.1 Å². The number of thiocarbonyl (C=S) groups is 1. The van der Waals surface area contributed by atoms with Gasteiger partial charge in [-0.1, -0.05) is 6.07 Å². The first-order chi connectivity index (χ1) is 18.3. The van der Waals surface area contributed by atoms with Crippen molar-refractivity contribution in [3.8, 4) is 17.2 Å². The summed E-state index contributed by atoms with van der Waals surface area (Å²) in [6, 6.07) is 15.2. The minimum Gasteiger partial charge on any atom is -0.496 e. The van der Waals surface area contributed by atoms with Crippen LogP contribution in [0, 0.1) is 13.8 Å². The van der Waals surface area contributed by atoms with Crippen molar-refractivity contribution in [3.63, 3.8) is 0 Å². The summed E-state index contributed by atoms with van der Waals surface area (Å²) in [6.07, 6.45) is 0.